The van der Waals surface area contributed by atoms with Gasteiger partial charge in [0.15, 0.2) is 0 Å². The van der Waals surface area contributed by atoms with Crippen molar-refractivity contribution in [2.24, 2.45) is 5.73 Å². The van der Waals surface area contributed by atoms with E-state index in [0.717, 1.165) is 6.42 Å². The van der Waals surface area contributed by atoms with Crippen LogP contribution in [0.5, 0.6) is 0 Å². The van der Waals surface area contributed by atoms with Crippen molar-refractivity contribution < 1.29 is 9.53 Å². The van der Waals surface area contributed by atoms with Crippen LogP contribution in [0, 0.1) is 0 Å². The van der Waals surface area contributed by atoms with Crippen LogP contribution in [0.4, 0.5) is 0 Å². The number of hydrogen-bond donors (Lipinski definition) is 2. The average Bonchev–Trinajstić information content (AvgIpc) is 2.67. The van der Waals surface area contributed by atoms with Crippen LogP contribution in [0.25, 0.3) is 0 Å². The lowest BCUT2D eigenvalue weighted by atomic mass is 10.1. The van der Waals surface area contributed by atoms with E-state index in [-0.39, 0.29) is 11.7 Å². The number of carbonyl (C=O) groups excluding carboxylic acids is 1. The molecule has 3 N–H and O–H groups in total. The van der Waals surface area contributed by atoms with Crippen LogP contribution in [-0.4, -0.2) is 34.3 Å². The molecular weight excluding hydrogens is 196 g/mol. The molecule has 15 heavy (non-hydrogen) atoms. The highest BCUT2D eigenvalue weighted by atomic mass is 16.5. The number of aromatic amines is 1. The Hall–Kier alpha value is -1.43. The molecule has 84 valence electrons. The van der Waals surface area contributed by atoms with Crippen molar-refractivity contribution in [1.29, 1.82) is 0 Å². The van der Waals surface area contributed by atoms with Crippen LogP contribution >= 0.6 is 0 Å². The van der Waals surface area contributed by atoms with Crippen LogP contribution in [-0.2, 0) is 4.74 Å². The van der Waals surface area contributed by atoms with Gasteiger partial charge in [0.25, 0.3) is 5.82 Å². The lowest BCUT2D eigenvalue weighted by Crippen LogP contribution is -2.08. The number of H-pyrrole nitrogens is 1. The SMILES string of the molecule is CCOC(=O)c1n[nH]c(C(C)CCN)n1. The topological polar surface area (TPSA) is 93.9 Å². The molecule has 0 bridgehead atoms. The molecule has 1 aromatic heterocycles. The van der Waals surface area contributed by atoms with Gasteiger partial charge >= 0.3 is 5.97 Å². The Balaban J connectivity index is 2.67. The summed E-state index contributed by atoms with van der Waals surface area (Å²) < 4.78 is 4.77. The van der Waals surface area contributed by atoms with Crippen LogP contribution in [0.3, 0.4) is 0 Å². The predicted octanol–water partition coefficient (Wildman–Crippen LogP) is 0.434. The van der Waals surface area contributed by atoms with Crippen molar-refractivity contribution in [3.8, 4) is 0 Å². The van der Waals surface area contributed by atoms with Gasteiger partial charge in [-0.1, -0.05) is 6.92 Å². The van der Waals surface area contributed by atoms with Crippen molar-refractivity contribution in [3.63, 3.8) is 0 Å². The summed E-state index contributed by atoms with van der Waals surface area (Å²) in [5.74, 6) is 0.421. The summed E-state index contributed by atoms with van der Waals surface area (Å²) in [5, 5.41) is 6.50. The largest absolute Gasteiger partial charge is 0.460 e. The molecule has 0 aliphatic carbocycles. The van der Waals surface area contributed by atoms with Crippen LogP contribution in [0.2, 0.25) is 0 Å². The van der Waals surface area contributed by atoms with Gasteiger partial charge < -0.3 is 10.5 Å². The first-order valence-corrected chi connectivity index (χ1v) is 4.98. The number of hydrogen-bond acceptors (Lipinski definition) is 5. The van der Waals surface area contributed by atoms with Crippen molar-refractivity contribution in [2.45, 2.75) is 26.2 Å². The summed E-state index contributed by atoms with van der Waals surface area (Å²) in [5.41, 5.74) is 5.43. The molecule has 1 rings (SSSR count). The summed E-state index contributed by atoms with van der Waals surface area (Å²) >= 11 is 0. The fourth-order valence-corrected chi connectivity index (χ4v) is 1.17. The molecule has 0 saturated heterocycles. The van der Waals surface area contributed by atoms with Crippen LogP contribution in [0.15, 0.2) is 0 Å². The van der Waals surface area contributed by atoms with E-state index in [1.165, 1.54) is 0 Å². The van der Waals surface area contributed by atoms with Gasteiger partial charge in [-0.25, -0.2) is 9.78 Å². The first-order chi connectivity index (χ1) is 7.19. The number of rotatable bonds is 5. The normalized spacial score (nSPS) is 12.5. The minimum absolute atomic E-state index is 0.0794. The Kier molecular flexibility index (Phi) is 4.23. The number of nitrogens with one attached hydrogen (secondary N) is 1. The second kappa shape index (κ2) is 5.45. The molecule has 0 aliphatic rings. The Morgan fingerprint density at radius 3 is 3.00 bits per heavy atom. The van der Waals surface area contributed by atoms with Crippen molar-refractivity contribution in [2.75, 3.05) is 13.2 Å². The van der Waals surface area contributed by atoms with E-state index < -0.39 is 5.97 Å². The zero-order valence-corrected chi connectivity index (χ0v) is 8.99. The smallest absolute Gasteiger partial charge is 0.378 e. The standard InChI is InChI=1S/C9H16N4O2/c1-3-15-9(14)8-11-7(12-13-8)6(2)4-5-10/h6H,3-5,10H2,1-2H3,(H,11,12,13). The predicted molar refractivity (Wildman–Crippen MR) is 54.4 cm³/mol. The molecule has 0 saturated carbocycles. The Labute approximate surface area is 88.2 Å². The van der Waals surface area contributed by atoms with Crippen LogP contribution in [0.1, 0.15) is 42.6 Å². The van der Waals surface area contributed by atoms with Crippen LogP contribution < -0.4 is 5.73 Å². The van der Waals surface area contributed by atoms with Gasteiger partial charge in [-0.2, -0.15) is 0 Å². The third kappa shape index (κ3) is 3.02. The van der Waals surface area contributed by atoms with Gasteiger partial charge in [0.05, 0.1) is 6.61 Å². The minimum atomic E-state index is -0.500. The number of esters is 1. The minimum Gasteiger partial charge on any atom is -0.460 e. The van der Waals surface area contributed by atoms with Gasteiger partial charge in [-0.3, -0.25) is 5.10 Å². The number of nitrogens with two attached hydrogens (primary N) is 1. The molecular formula is C9H16N4O2. The van der Waals surface area contributed by atoms with Gasteiger partial charge in [-0.15, -0.1) is 5.10 Å². The zero-order valence-electron chi connectivity index (χ0n) is 8.99. The lowest BCUT2D eigenvalue weighted by Gasteiger charge is -2.03. The van der Waals surface area contributed by atoms with E-state index in [1.807, 2.05) is 6.92 Å². The second-order valence-corrected chi connectivity index (χ2v) is 3.24. The molecule has 6 heteroatoms. The summed E-state index contributed by atoms with van der Waals surface area (Å²) in [4.78, 5) is 15.3. The maximum absolute atomic E-state index is 11.2. The Bertz CT molecular complexity index is 324. The van der Waals surface area contributed by atoms with E-state index in [2.05, 4.69) is 15.2 Å². The molecule has 1 heterocycles. The summed E-state index contributed by atoms with van der Waals surface area (Å²) in [6.07, 6.45) is 0.803. The third-order valence-corrected chi connectivity index (χ3v) is 2.03. The molecule has 1 atom stereocenters. The van der Waals surface area contributed by atoms with Gasteiger partial charge in [0.2, 0.25) is 0 Å². The van der Waals surface area contributed by atoms with E-state index in [1.54, 1.807) is 6.92 Å². The lowest BCUT2D eigenvalue weighted by molar-refractivity contribution is 0.0512. The molecule has 1 unspecified atom stereocenters. The average molecular weight is 212 g/mol. The molecule has 0 amide bonds. The molecule has 0 radical (unpaired) electrons. The molecule has 0 fully saturated rings. The summed E-state index contributed by atoms with van der Waals surface area (Å²) in [6.45, 7) is 4.61. The van der Waals surface area contributed by atoms with Gasteiger partial charge in [0.1, 0.15) is 5.82 Å². The third-order valence-electron chi connectivity index (χ3n) is 2.03. The second-order valence-electron chi connectivity index (χ2n) is 3.24. The number of ether oxygens (including phenoxy) is 1. The van der Waals surface area contributed by atoms with E-state index in [9.17, 15) is 4.79 Å². The first-order valence-electron chi connectivity index (χ1n) is 4.98. The maximum Gasteiger partial charge on any atom is 0.378 e. The summed E-state index contributed by atoms with van der Waals surface area (Å²) in [6, 6.07) is 0. The molecule has 1 aromatic rings. The maximum atomic E-state index is 11.2. The quantitative estimate of drug-likeness (QED) is 0.690. The van der Waals surface area contributed by atoms with Crippen molar-refractivity contribution >= 4 is 5.97 Å². The highest BCUT2D eigenvalue weighted by Crippen LogP contribution is 2.13. The van der Waals surface area contributed by atoms with E-state index in [4.69, 9.17) is 10.5 Å². The number of nitrogens with zero attached hydrogens (tertiary/aromatic N) is 2. The Morgan fingerprint density at radius 2 is 2.40 bits per heavy atom. The fourth-order valence-electron chi connectivity index (χ4n) is 1.17. The summed E-state index contributed by atoms with van der Waals surface area (Å²) in [7, 11) is 0. The highest BCUT2D eigenvalue weighted by Gasteiger charge is 2.16. The van der Waals surface area contributed by atoms with Crippen molar-refractivity contribution in [3.05, 3.63) is 11.6 Å². The Morgan fingerprint density at radius 1 is 1.67 bits per heavy atom. The molecule has 6 nitrogen and oxygen atoms in total. The first kappa shape index (κ1) is 11.6. The van der Waals surface area contributed by atoms with Crippen molar-refractivity contribution in [1.82, 2.24) is 15.2 Å². The number of carbonyl (C=O) groups is 1. The van der Waals surface area contributed by atoms with Gasteiger partial charge in [0, 0.05) is 5.92 Å². The van der Waals surface area contributed by atoms with E-state index in [0.29, 0.717) is 19.0 Å². The van der Waals surface area contributed by atoms with Gasteiger partial charge in [-0.05, 0) is 19.9 Å². The van der Waals surface area contributed by atoms with E-state index >= 15 is 0 Å². The zero-order chi connectivity index (χ0) is 11.3. The highest BCUT2D eigenvalue weighted by molar-refractivity contribution is 5.84. The fraction of sp³-hybridized carbons (Fsp3) is 0.667. The molecule has 0 spiro atoms. The number of aromatic nitrogens is 3. The monoisotopic (exact) mass is 212 g/mol. The molecule has 0 aliphatic heterocycles. The molecule has 0 aromatic carbocycles.